The second kappa shape index (κ2) is 8.38. The van der Waals surface area contributed by atoms with Crippen molar-refractivity contribution in [2.75, 3.05) is 0 Å². The molecule has 0 aliphatic heterocycles. The standard InChI is InChI=1S/C20H13BrN4O3S/c21-15-6-4-5-14(11-15)18-13-29-20(23-16-7-2-1-3-8-16)24(18)22-12-17-9-10-19(28-17)25(26)27/h1-13H. The highest BCUT2D eigenvalue weighted by atomic mass is 79.9. The molecule has 144 valence electrons. The van der Waals surface area contributed by atoms with Gasteiger partial charge in [0, 0.05) is 15.4 Å². The van der Waals surface area contributed by atoms with E-state index in [-0.39, 0.29) is 11.6 Å². The predicted molar refractivity (Wildman–Crippen MR) is 115 cm³/mol. The number of benzene rings is 2. The van der Waals surface area contributed by atoms with Crippen LogP contribution in [0.4, 0.5) is 11.6 Å². The van der Waals surface area contributed by atoms with Crippen molar-refractivity contribution >= 4 is 45.1 Å². The molecule has 0 bridgehead atoms. The quantitative estimate of drug-likeness (QED) is 0.217. The van der Waals surface area contributed by atoms with E-state index in [0.29, 0.717) is 4.80 Å². The second-order valence-electron chi connectivity index (χ2n) is 5.85. The minimum Gasteiger partial charge on any atom is -0.400 e. The molecule has 9 heteroatoms. The summed E-state index contributed by atoms with van der Waals surface area (Å²) in [6.45, 7) is 0. The van der Waals surface area contributed by atoms with E-state index in [9.17, 15) is 10.1 Å². The maximum absolute atomic E-state index is 10.8. The Hall–Kier alpha value is -3.30. The van der Waals surface area contributed by atoms with Gasteiger partial charge in [0.15, 0.2) is 5.76 Å². The Morgan fingerprint density at radius 3 is 2.66 bits per heavy atom. The molecular weight excluding hydrogens is 456 g/mol. The summed E-state index contributed by atoms with van der Waals surface area (Å²) < 4.78 is 7.80. The van der Waals surface area contributed by atoms with E-state index in [1.165, 1.54) is 29.7 Å². The Bertz CT molecular complexity index is 1260. The fourth-order valence-electron chi connectivity index (χ4n) is 2.57. The number of nitro groups is 1. The van der Waals surface area contributed by atoms with Crippen molar-refractivity contribution in [2.45, 2.75) is 0 Å². The fourth-order valence-corrected chi connectivity index (χ4v) is 3.83. The molecule has 0 amide bonds. The van der Waals surface area contributed by atoms with Gasteiger partial charge >= 0.3 is 5.88 Å². The van der Waals surface area contributed by atoms with Gasteiger partial charge < -0.3 is 4.42 Å². The smallest absolute Gasteiger partial charge is 0.400 e. The van der Waals surface area contributed by atoms with Crippen LogP contribution in [0.3, 0.4) is 0 Å². The average molecular weight is 469 g/mol. The van der Waals surface area contributed by atoms with Gasteiger partial charge in [0.1, 0.15) is 4.92 Å². The summed E-state index contributed by atoms with van der Waals surface area (Å²) in [6.07, 6.45) is 1.44. The van der Waals surface area contributed by atoms with E-state index in [0.717, 1.165) is 21.4 Å². The topological polar surface area (TPSA) is 85.9 Å². The van der Waals surface area contributed by atoms with Crippen molar-refractivity contribution in [1.82, 2.24) is 4.68 Å². The highest BCUT2D eigenvalue weighted by Crippen LogP contribution is 2.24. The van der Waals surface area contributed by atoms with Gasteiger partial charge in [-0.25, -0.2) is 9.67 Å². The van der Waals surface area contributed by atoms with E-state index < -0.39 is 4.92 Å². The lowest BCUT2D eigenvalue weighted by atomic mass is 10.2. The largest absolute Gasteiger partial charge is 0.433 e. The average Bonchev–Trinajstić information content (AvgIpc) is 3.34. The first-order chi connectivity index (χ1) is 14.1. The molecule has 0 fully saturated rings. The Labute approximate surface area is 177 Å². The van der Waals surface area contributed by atoms with Crippen LogP contribution in [0.25, 0.3) is 11.3 Å². The summed E-state index contributed by atoms with van der Waals surface area (Å²) in [7, 11) is 0. The number of halogens is 1. The number of rotatable bonds is 5. The lowest BCUT2D eigenvalue weighted by Crippen LogP contribution is -2.11. The lowest BCUT2D eigenvalue weighted by Gasteiger charge is -2.04. The number of nitrogens with zero attached hydrogens (tertiary/aromatic N) is 4. The summed E-state index contributed by atoms with van der Waals surface area (Å²) in [4.78, 5) is 15.6. The van der Waals surface area contributed by atoms with Gasteiger partial charge in [-0.3, -0.25) is 10.1 Å². The number of hydrogen-bond donors (Lipinski definition) is 0. The molecule has 0 saturated heterocycles. The van der Waals surface area contributed by atoms with Gasteiger partial charge in [-0.1, -0.05) is 46.3 Å². The monoisotopic (exact) mass is 468 g/mol. The summed E-state index contributed by atoms with van der Waals surface area (Å²) in [5.74, 6) is -0.0515. The molecule has 0 unspecified atom stereocenters. The highest BCUT2D eigenvalue weighted by Gasteiger charge is 2.12. The van der Waals surface area contributed by atoms with Crippen LogP contribution in [-0.4, -0.2) is 15.8 Å². The Morgan fingerprint density at radius 2 is 1.93 bits per heavy atom. The Kier molecular flexibility index (Phi) is 5.50. The summed E-state index contributed by atoms with van der Waals surface area (Å²) in [6, 6.07) is 20.2. The van der Waals surface area contributed by atoms with Crippen molar-refractivity contribution in [3.63, 3.8) is 0 Å². The molecule has 4 rings (SSSR count). The fraction of sp³-hybridized carbons (Fsp3) is 0. The predicted octanol–water partition coefficient (Wildman–Crippen LogP) is 5.59. The Balaban J connectivity index is 1.82. The molecule has 4 aromatic rings. The SMILES string of the molecule is O=[N+]([O-])c1ccc(C=Nn2c(-c3cccc(Br)c3)csc2=Nc2ccccc2)o1. The van der Waals surface area contributed by atoms with Crippen LogP contribution in [0.15, 0.2) is 91.1 Å². The van der Waals surface area contributed by atoms with Crippen LogP contribution in [0.5, 0.6) is 0 Å². The molecule has 0 aliphatic rings. The minimum absolute atomic E-state index is 0.279. The van der Waals surface area contributed by atoms with E-state index >= 15 is 0 Å². The maximum atomic E-state index is 10.8. The molecule has 0 spiro atoms. The van der Waals surface area contributed by atoms with Gasteiger partial charge in [-0.15, -0.1) is 11.3 Å². The molecule has 0 radical (unpaired) electrons. The molecule has 2 aromatic heterocycles. The van der Waals surface area contributed by atoms with Gasteiger partial charge in [-0.05, 0) is 30.3 Å². The van der Waals surface area contributed by atoms with E-state index in [1.54, 1.807) is 4.68 Å². The van der Waals surface area contributed by atoms with Crippen LogP contribution in [-0.2, 0) is 0 Å². The van der Waals surface area contributed by atoms with Crippen molar-refractivity contribution < 1.29 is 9.34 Å². The molecule has 29 heavy (non-hydrogen) atoms. The first kappa shape index (κ1) is 19.0. The molecule has 2 aromatic carbocycles. The second-order valence-corrected chi connectivity index (χ2v) is 7.60. The molecule has 0 saturated carbocycles. The number of furan rings is 1. The van der Waals surface area contributed by atoms with Crippen LogP contribution in [0, 0.1) is 10.1 Å². The number of aromatic nitrogens is 1. The first-order valence-corrected chi connectivity index (χ1v) is 10.1. The third-order valence-electron chi connectivity index (χ3n) is 3.88. The zero-order valence-corrected chi connectivity index (χ0v) is 17.2. The summed E-state index contributed by atoms with van der Waals surface area (Å²) >= 11 is 4.94. The third-order valence-corrected chi connectivity index (χ3v) is 5.19. The van der Waals surface area contributed by atoms with E-state index in [1.807, 2.05) is 60.0 Å². The molecule has 0 aliphatic carbocycles. The van der Waals surface area contributed by atoms with Crippen molar-refractivity contribution in [1.29, 1.82) is 0 Å². The Morgan fingerprint density at radius 1 is 1.10 bits per heavy atom. The number of thiazole rings is 1. The van der Waals surface area contributed by atoms with E-state index in [4.69, 9.17) is 4.42 Å². The highest BCUT2D eigenvalue weighted by molar-refractivity contribution is 9.10. The third kappa shape index (κ3) is 4.41. The van der Waals surface area contributed by atoms with Gasteiger partial charge in [-0.2, -0.15) is 5.10 Å². The van der Waals surface area contributed by atoms with Gasteiger partial charge in [0.05, 0.1) is 23.7 Å². The zero-order chi connectivity index (χ0) is 20.2. The normalized spacial score (nSPS) is 12.0. The lowest BCUT2D eigenvalue weighted by molar-refractivity contribution is -0.402. The molecule has 0 N–H and O–H groups in total. The molecule has 0 atom stereocenters. The maximum Gasteiger partial charge on any atom is 0.433 e. The van der Waals surface area contributed by atoms with Crippen molar-refractivity contribution in [3.8, 4) is 11.3 Å². The van der Waals surface area contributed by atoms with Crippen LogP contribution in [0.2, 0.25) is 0 Å². The van der Waals surface area contributed by atoms with Crippen LogP contribution < -0.4 is 4.80 Å². The number of hydrogen-bond acceptors (Lipinski definition) is 6. The molecule has 2 heterocycles. The van der Waals surface area contributed by atoms with Crippen LogP contribution >= 0.6 is 27.3 Å². The first-order valence-electron chi connectivity index (χ1n) is 8.45. The van der Waals surface area contributed by atoms with Gasteiger partial charge in [0.25, 0.3) is 0 Å². The molecular formula is C20H13BrN4O3S. The van der Waals surface area contributed by atoms with Crippen molar-refractivity contribution in [2.24, 2.45) is 10.1 Å². The molecule has 7 nitrogen and oxygen atoms in total. The van der Waals surface area contributed by atoms with Crippen molar-refractivity contribution in [3.05, 3.63) is 97.3 Å². The summed E-state index contributed by atoms with van der Waals surface area (Å²) in [5, 5.41) is 17.3. The number of para-hydroxylation sites is 1. The minimum atomic E-state index is -0.585. The van der Waals surface area contributed by atoms with E-state index in [2.05, 4.69) is 26.0 Å². The van der Waals surface area contributed by atoms with Gasteiger partial charge in [0.2, 0.25) is 4.80 Å². The van der Waals surface area contributed by atoms with Crippen LogP contribution in [0.1, 0.15) is 5.76 Å². The summed E-state index contributed by atoms with van der Waals surface area (Å²) in [5.41, 5.74) is 2.59. The zero-order valence-electron chi connectivity index (χ0n) is 14.8.